The molecule has 0 atom stereocenters. The zero-order chi connectivity index (χ0) is 102. The van der Waals surface area contributed by atoms with E-state index in [1.807, 2.05) is 80.6 Å². The summed E-state index contributed by atoms with van der Waals surface area (Å²) < 4.78 is 67.9. The average molecular weight is 2060 g/mol. The minimum Gasteiger partial charge on any atom is -0.496 e. The molecule has 28 heteroatoms. The fraction of sp³-hybridized carbons (Fsp3) is 0.405. The van der Waals surface area contributed by atoms with E-state index in [4.69, 9.17) is 47.4 Å². The number of aromatic nitrogens is 6. The molecule has 9 aromatic carbocycles. The molecular weight excluding hydrogens is 1910 g/mol. The topological polar surface area (TPSA) is 260 Å². The number of aryl methyl sites for hydroxylation is 3. The predicted molar refractivity (Wildman–Crippen MR) is 603 cm³/mol. The number of para-hydroxylation sites is 2. The Bertz CT molecular complexity index is 6800. The van der Waals surface area contributed by atoms with Crippen molar-refractivity contribution in [2.24, 2.45) is 11.8 Å². The summed E-state index contributed by atoms with van der Waals surface area (Å²) in [6.45, 7) is 32.8. The molecule has 12 aromatic rings. The van der Waals surface area contributed by atoms with Crippen LogP contribution in [0.15, 0.2) is 200 Å². The Kier molecular flexibility index (Phi) is 35.7. The molecule has 760 valence electrons. The van der Waals surface area contributed by atoms with Crippen LogP contribution in [0.2, 0.25) is 10.0 Å². The zero-order valence-electron chi connectivity index (χ0n) is 87.0. The van der Waals surface area contributed by atoms with Crippen LogP contribution in [0.5, 0.6) is 17.2 Å². The van der Waals surface area contributed by atoms with Gasteiger partial charge in [0.25, 0.3) is 0 Å². The van der Waals surface area contributed by atoms with Gasteiger partial charge >= 0.3 is 0 Å². The van der Waals surface area contributed by atoms with E-state index in [0.29, 0.717) is 105 Å². The predicted octanol–water partition coefficient (Wildman–Crippen LogP) is 26.3. The summed E-state index contributed by atoms with van der Waals surface area (Å²) in [5, 5.41) is 19.9. The van der Waals surface area contributed by atoms with Crippen LogP contribution in [0.4, 0.5) is 63.5 Å². The Hall–Kier alpha value is -10.8. The fourth-order valence-corrected chi connectivity index (χ4v) is 26.2. The van der Waals surface area contributed by atoms with E-state index < -0.39 is 28.6 Å². The van der Waals surface area contributed by atoms with Crippen molar-refractivity contribution in [1.82, 2.24) is 39.7 Å². The lowest BCUT2D eigenvalue weighted by molar-refractivity contribution is 0.0982. The zero-order valence-corrected chi connectivity index (χ0v) is 92.0. The van der Waals surface area contributed by atoms with Gasteiger partial charge in [-0.2, -0.15) is 9.97 Å². The summed E-state index contributed by atoms with van der Waals surface area (Å²) in [4.78, 5) is 47.3. The van der Waals surface area contributed by atoms with Crippen molar-refractivity contribution in [2.45, 2.75) is 175 Å². The van der Waals surface area contributed by atoms with E-state index in [9.17, 15) is 23.1 Å². The van der Waals surface area contributed by atoms with Crippen molar-refractivity contribution in [3.63, 3.8) is 0 Å². The minimum atomic E-state index is -2.52. The number of fused-ring (bicyclic) bond motifs is 2. The molecule has 6 aliphatic rings. The Morgan fingerprint density at radius 3 is 1.65 bits per heavy atom. The Morgan fingerprint density at radius 2 is 1.05 bits per heavy atom. The largest absolute Gasteiger partial charge is 0.496 e. The molecular formula is C116H144Cl2N14O8P4. The minimum absolute atomic E-state index is 0.107. The van der Waals surface area contributed by atoms with Gasteiger partial charge in [0.05, 0.1) is 67.9 Å². The van der Waals surface area contributed by atoms with E-state index in [-0.39, 0.29) is 11.2 Å². The Balaban J connectivity index is 0.000000145. The molecule has 18 rings (SSSR count). The highest BCUT2D eigenvalue weighted by molar-refractivity contribution is 7.72. The van der Waals surface area contributed by atoms with Crippen molar-refractivity contribution in [3.05, 3.63) is 289 Å². The van der Waals surface area contributed by atoms with Gasteiger partial charge in [0.15, 0.2) is 17.4 Å². The molecule has 0 amide bonds. The number of likely N-dealkylation sites (N-methyl/N-ethyl adjacent to an activating group) is 1. The summed E-state index contributed by atoms with van der Waals surface area (Å²) in [6, 6.07) is 62.6. The Labute approximate surface area is 863 Å². The number of Topliss-reactive ketones (excluding diaryl/α,β-unsaturated/α-hetero) is 1. The first-order chi connectivity index (χ1) is 69.0. The maximum absolute atomic E-state index is 13.4. The second-order valence-corrected chi connectivity index (χ2v) is 55.3. The first-order valence-electron chi connectivity index (χ1n) is 51.0. The summed E-state index contributed by atoms with van der Waals surface area (Å²) in [6.07, 6.45) is 28.2. The van der Waals surface area contributed by atoms with Crippen LogP contribution >= 0.6 is 51.8 Å². The number of carbonyl (C=O) groups excluding carboxylic acids is 1. The van der Waals surface area contributed by atoms with Crippen LogP contribution in [-0.4, -0.2) is 171 Å². The molecule has 3 aromatic heterocycles. The van der Waals surface area contributed by atoms with Crippen molar-refractivity contribution in [3.8, 4) is 17.2 Å². The highest BCUT2D eigenvalue weighted by Gasteiger charge is 2.34. The molecule has 0 unspecified atom stereocenters. The van der Waals surface area contributed by atoms with Crippen LogP contribution in [0.3, 0.4) is 0 Å². The van der Waals surface area contributed by atoms with Crippen molar-refractivity contribution in [1.29, 1.82) is 0 Å². The number of piperazine rings is 1. The lowest BCUT2D eigenvalue weighted by atomic mass is 9.73. The average Bonchev–Trinajstić information content (AvgIpc) is 1.57. The normalized spacial score (nSPS) is 16.3. The molecule has 5 N–H and O–H groups in total. The van der Waals surface area contributed by atoms with E-state index in [2.05, 4.69) is 194 Å². The molecule has 2 saturated heterocycles. The molecule has 22 nitrogen and oxygen atoms in total. The number of halogens is 2. The third kappa shape index (κ3) is 27.0. The number of benzene rings is 9. The maximum atomic E-state index is 13.4. The molecule has 0 radical (unpaired) electrons. The van der Waals surface area contributed by atoms with Gasteiger partial charge in [-0.05, 0) is 264 Å². The molecule has 0 spiro atoms. The van der Waals surface area contributed by atoms with Gasteiger partial charge in [0, 0.05) is 127 Å². The number of allylic oxidation sites excluding steroid dienone is 1. The number of anilines is 11. The number of hydrogen-bond donors (Lipinski definition) is 5. The van der Waals surface area contributed by atoms with Crippen LogP contribution in [0, 0.1) is 18.8 Å². The number of methoxy groups -OCH3 is 3. The van der Waals surface area contributed by atoms with Crippen molar-refractivity contribution < 1.29 is 37.3 Å². The highest BCUT2D eigenvalue weighted by Crippen LogP contribution is 2.49. The standard InChI is InChI=1S/C38H50.C33H43N6O2P.C23H29ClN4O3P2.C22H22ClN4O3P/c1-6-29-25-34(32-19-17-31(18-20-32)30-11-7-8-12-30)22-21-33(29)23-28-16-15-27(2)36(24-28)26-35-13-9-10-14-37(35)38(3,4)5;1-37-18-20-39(21-19-37)25-14-16-38(17-15-25)26-13-12-24(30(23-26)41-2)22-32-34-28-10-7-8-27(28)33(36-32)35-29-9-5-6-11-31(29)42(3,4)40;1-6-33(30,7-2)21-11-9-8-10-19(21)26-22-17(24)15-25-23(28-22)27-18-13-12-16(32(4,5)29)14-20(18)31-3;1-30-19-11-14(31(2,3)29)8-9-16(19)26-22-24-12-15(23)21(27-22)25-17-6-4-5-13-7-10-18(28)20(13)17/h9-10,13-16,21-22,24-25,30-32H,6-8,11-12,17-20,23,26H2,1-5H3;5-9,11-13,23,25H,10,14-22H2,1-4H3,(H,34,35,36);8-15H,6-7H2,1-5H3,(H2,25,26,27,28);4-6,8-9,11-12H,7,10H2,1-3H3,(H2,24,25,26,27). The monoisotopic (exact) mass is 2050 g/mol. The number of nitrogens with zero attached hydrogens (tertiary/aromatic N) is 9. The van der Waals surface area contributed by atoms with Gasteiger partial charge in [0.1, 0.15) is 67.5 Å². The maximum Gasteiger partial charge on any atom is 0.229 e. The highest BCUT2D eigenvalue weighted by atomic mass is 35.5. The van der Waals surface area contributed by atoms with E-state index >= 15 is 0 Å². The van der Waals surface area contributed by atoms with Crippen LogP contribution in [0.25, 0.3) is 6.08 Å². The van der Waals surface area contributed by atoms with Gasteiger partial charge < -0.3 is 68.9 Å². The van der Waals surface area contributed by atoms with Gasteiger partial charge in [-0.25, -0.2) is 19.9 Å². The second kappa shape index (κ2) is 47.8. The first kappa shape index (κ1) is 107. The van der Waals surface area contributed by atoms with Gasteiger partial charge in [-0.15, -0.1) is 0 Å². The number of hydrogen-bond acceptors (Lipinski definition) is 22. The molecule has 144 heavy (non-hydrogen) atoms. The van der Waals surface area contributed by atoms with Crippen molar-refractivity contribution >= 4 is 148 Å². The lowest BCUT2D eigenvalue weighted by Crippen LogP contribution is -2.52. The molecule has 5 heterocycles. The summed E-state index contributed by atoms with van der Waals surface area (Å²) in [5.74, 6) is 7.75. The molecule has 2 aliphatic heterocycles. The van der Waals surface area contributed by atoms with E-state index in [1.165, 1.54) is 142 Å². The SMILES string of the molecule is CCP(=O)(CC)c1ccccc1Nc1nc(Nc2ccc(P(C)(C)=O)cc2OC)ncc1Cl.CCc1cc(C2CCC(C3CCCC3)CC2)ccc1Cc1ccc(C)c(Cc2ccccc2C(C)(C)C)c1.COc1cc(N2CCC(N3CCN(C)CC3)CC2)ccc1Cc1nc2c(c(Nc3ccccc3P(C)(C)=O)n1)C=CC2.COc1cc(P(C)(C)=O)ccc1Nc1ncc(Cl)c(Nc2cccc3c2C(=O)CC3)n1. The van der Waals surface area contributed by atoms with Gasteiger partial charge in [-0.3, -0.25) is 9.69 Å². The third-order valence-corrected chi connectivity index (χ3v) is 37.8. The van der Waals surface area contributed by atoms with Crippen molar-refractivity contribution in [2.75, 3.05) is 151 Å². The third-order valence-electron chi connectivity index (χ3n) is 29.4. The summed E-state index contributed by atoms with van der Waals surface area (Å²) in [5.41, 5.74) is 21.5. The quantitative estimate of drug-likeness (QED) is 0.0262. The molecule has 4 aliphatic carbocycles. The number of ether oxygens (including phenoxy) is 3. The summed E-state index contributed by atoms with van der Waals surface area (Å²) in [7, 11) is -2.78. The van der Waals surface area contributed by atoms with E-state index in [0.717, 1.165) is 130 Å². The molecule has 4 fully saturated rings. The van der Waals surface area contributed by atoms with Crippen LogP contribution < -0.4 is 66.9 Å². The van der Waals surface area contributed by atoms with Gasteiger partial charge in [-0.1, -0.05) is 206 Å². The number of rotatable bonds is 30. The molecule has 2 saturated carbocycles. The first-order valence-corrected chi connectivity index (χ1v) is 61.6. The molecule has 0 bridgehead atoms. The second-order valence-electron chi connectivity index (χ2n) is 41.3. The smallest absolute Gasteiger partial charge is 0.229 e. The van der Waals surface area contributed by atoms with Crippen LogP contribution in [-0.2, 0) is 62.2 Å². The number of piperidine rings is 1. The number of carbonyl (C=O) groups is 1. The summed E-state index contributed by atoms with van der Waals surface area (Å²) >= 11 is 12.7. The van der Waals surface area contributed by atoms with Gasteiger partial charge in [0.2, 0.25) is 11.9 Å². The lowest BCUT2D eigenvalue weighted by Gasteiger charge is -2.42. The Morgan fingerprint density at radius 1 is 0.479 bits per heavy atom. The van der Waals surface area contributed by atoms with E-state index in [1.54, 1.807) is 109 Å². The number of nitrogens with one attached hydrogen (secondary N) is 5. The van der Waals surface area contributed by atoms with Crippen LogP contribution in [0.1, 0.15) is 201 Å². The fourth-order valence-electron chi connectivity index (χ4n) is 20.9. The number of ketones is 1.